The first-order chi connectivity index (χ1) is 6.20. The van der Waals surface area contributed by atoms with Gasteiger partial charge in [-0.15, -0.1) is 6.42 Å². The number of hydrogen-bond acceptors (Lipinski definition) is 3. The van der Waals surface area contributed by atoms with Crippen LogP contribution in [-0.2, 0) is 9.84 Å². The molecule has 0 aliphatic carbocycles. The van der Waals surface area contributed by atoms with Crippen molar-refractivity contribution in [2.24, 2.45) is 0 Å². The Hall–Kier alpha value is -0.530. The molecule has 1 atom stereocenters. The first-order valence-corrected chi connectivity index (χ1v) is 6.28. The molecule has 0 aliphatic rings. The number of sulfone groups is 1. The number of hydrogen-bond donors (Lipinski definition) is 1. The second kappa shape index (κ2) is 4.81. The summed E-state index contributed by atoms with van der Waals surface area (Å²) in [6.07, 6.45) is 5.15. The quantitative estimate of drug-likeness (QED) is 0.709. The van der Waals surface area contributed by atoms with Crippen molar-refractivity contribution < 1.29 is 8.42 Å². The summed E-state index contributed by atoms with van der Waals surface area (Å²) in [4.78, 5) is 0. The Balaban J connectivity index is 4.11. The highest BCUT2D eigenvalue weighted by Gasteiger charge is 2.28. The molecule has 0 aromatic carbocycles. The van der Waals surface area contributed by atoms with Gasteiger partial charge < -0.3 is 5.32 Å². The average Bonchev–Trinajstić information content (AvgIpc) is 2.01. The number of rotatable bonds is 4. The van der Waals surface area contributed by atoms with Gasteiger partial charge in [0.2, 0.25) is 0 Å². The van der Waals surface area contributed by atoms with E-state index in [1.165, 1.54) is 0 Å². The summed E-state index contributed by atoms with van der Waals surface area (Å²) < 4.78 is 22.6. The van der Waals surface area contributed by atoms with Crippen molar-refractivity contribution in [3.05, 3.63) is 0 Å². The lowest BCUT2D eigenvalue weighted by Crippen LogP contribution is -2.36. The van der Waals surface area contributed by atoms with E-state index in [9.17, 15) is 8.42 Å². The van der Waals surface area contributed by atoms with E-state index in [0.717, 1.165) is 0 Å². The standard InChI is InChI=1S/C10H19NO2S/c1-6-9(2)11-7-8-14(12,13)10(3,4)5/h1,9,11H,7-8H2,2-5H3. The molecule has 0 fully saturated rings. The van der Waals surface area contributed by atoms with Crippen LogP contribution < -0.4 is 5.32 Å². The molecule has 0 aliphatic heterocycles. The van der Waals surface area contributed by atoms with Gasteiger partial charge in [-0.25, -0.2) is 8.42 Å². The molecule has 0 radical (unpaired) electrons. The third-order valence-electron chi connectivity index (χ3n) is 2.00. The Kier molecular flexibility index (Phi) is 4.63. The van der Waals surface area contributed by atoms with Gasteiger partial charge in [0.05, 0.1) is 16.5 Å². The van der Waals surface area contributed by atoms with E-state index in [0.29, 0.717) is 6.54 Å². The Labute approximate surface area is 87.2 Å². The molecule has 4 heteroatoms. The van der Waals surface area contributed by atoms with Gasteiger partial charge in [0, 0.05) is 6.54 Å². The normalized spacial score (nSPS) is 14.8. The van der Waals surface area contributed by atoms with Crippen LogP contribution in [0, 0.1) is 12.3 Å². The third kappa shape index (κ3) is 4.12. The summed E-state index contributed by atoms with van der Waals surface area (Å²) in [6.45, 7) is 7.33. The van der Waals surface area contributed by atoms with Gasteiger partial charge in [0.15, 0.2) is 9.84 Å². The molecule has 14 heavy (non-hydrogen) atoms. The maximum Gasteiger partial charge on any atom is 0.156 e. The summed E-state index contributed by atoms with van der Waals surface area (Å²) in [5.74, 6) is 2.61. The van der Waals surface area contributed by atoms with Crippen LogP contribution in [0.2, 0.25) is 0 Å². The highest BCUT2D eigenvalue weighted by atomic mass is 32.2. The second-order valence-electron chi connectivity index (χ2n) is 4.27. The van der Waals surface area contributed by atoms with Crippen LogP contribution in [0.4, 0.5) is 0 Å². The topological polar surface area (TPSA) is 46.2 Å². The van der Waals surface area contributed by atoms with E-state index >= 15 is 0 Å². The molecule has 0 aromatic rings. The molecule has 1 N–H and O–H groups in total. The lowest BCUT2D eigenvalue weighted by molar-refractivity contribution is 0.554. The summed E-state index contributed by atoms with van der Waals surface area (Å²) >= 11 is 0. The van der Waals surface area contributed by atoms with Crippen molar-refractivity contribution in [3.63, 3.8) is 0 Å². The average molecular weight is 217 g/mol. The molecule has 0 rings (SSSR count). The molecule has 3 nitrogen and oxygen atoms in total. The van der Waals surface area contributed by atoms with Gasteiger partial charge >= 0.3 is 0 Å². The molecule has 0 saturated carbocycles. The van der Waals surface area contributed by atoms with E-state index in [1.54, 1.807) is 20.8 Å². The minimum absolute atomic E-state index is 0.0785. The third-order valence-corrected chi connectivity index (χ3v) is 4.61. The fourth-order valence-electron chi connectivity index (χ4n) is 0.775. The van der Waals surface area contributed by atoms with Gasteiger partial charge in [0.25, 0.3) is 0 Å². The van der Waals surface area contributed by atoms with Crippen LogP contribution in [0.5, 0.6) is 0 Å². The summed E-state index contributed by atoms with van der Waals surface area (Å²) in [6, 6.07) is -0.0785. The zero-order valence-corrected chi connectivity index (χ0v) is 10.1. The van der Waals surface area contributed by atoms with Crippen molar-refractivity contribution in [2.45, 2.75) is 38.5 Å². The molecule has 0 amide bonds. The lowest BCUT2D eigenvalue weighted by Gasteiger charge is -2.19. The number of terminal acetylenes is 1. The molecule has 82 valence electrons. The van der Waals surface area contributed by atoms with Gasteiger partial charge in [0.1, 0.15) is 0 Å². The van der Waals surface area contributed by atoms with E-state index in [1.807, 2.05) is 6.92 Å². The number of nitrogens with one attached hydrogen (secondary N) is 1. The van der Waals surface area contributed by atoms with Gasteiger partial charge in [-0.2, -0.15) is 0 Å². The highest BCUT2D eigenvalue weighted by molar-refractivity contribution is 7.92. The van der Waals surface area contributed by atoms with Crippen LogP contribution >= 0.6 is 0 Å². The van der Waals surface area contributed by atoms with Crippen LogP contribution in [0.15, 0.2) is 0 Å². The van der Waals surface area contributed by atoms with Crippen LogP contribution in [0.25, 0.3) is 0 Å². The maximum atomic E-state index is 11.6. The fraction of sp³-hybridized carbons (Fsp3) is 0.800. The smallest absolute Gasteiger partial charge is 0.156 e. The summed E-state index contributed by atoms with van der Waals surface area (Å²) in [5, 5.41) is 2.95. The van der Waals surface area contributed by atoms with Crippen molar-refractivity contribution in [2.75, 3.05) is 12.3 Å². The van der Waals surface area contributed by atoms with Crippen LogP contribution in [0.1, 0.15) is 27.7 Å². The van der Waals surface area contributed by atoms with Gasteiger partial charge in [-0.05, 0) is 27.7 Å². The molecular weight excluding hydrogens is 198 g/mol. The molecule has 1 unspecified atom stereocenters. The predicted octanol–water partition coefficient (Wildman–Crippen LogP) is 0.811. The summed E-state index contributed by atoms with van der Waals surface area (Å²) in [5.41, 5.74) is 0. The molecule has 0 spiro atoms. The minimum atomic E-state index is -3.03. The van der Waals surface area contributed by atoms with Crippen LogP contribution in [-0.4, -0.2) is 31.5 Å². The Morgan fingerprint density at radius 2 is 1.93 bits per heavy atom. The van der Waals surface area contributed by atoms with E-state index < -0.39 is 14.6 Å². The van der Waals surface area contributed by atoms with Crippen LogP contribution in [0.3, 0.4) is 0 Å². The summed E-state index contributed by atoms with van der Waals surface area (Å²) in [7, 11) is -3.03. The SMILES string of the molecule is C#CC(C)NCCS(=O)(=O)C(C)(C)C. The molecular formula is C10H19NO2S. The highest BCUT2D eigenvalue weighted by Crippen LogP contribution is 2.15. The van der Waals surface area contributed by atoms with E-state index in [4.69, 9.17) is 6.42 Å². The van der Waals surface area contributed by atoms with E-state index in [2.05, 4.69) is 11.2 Å². The Morgan fingerprint density at radius 1 is 1.43 bits per heavy atom. The maximum absolute atomic E-state index is 11.6. The zero-order chi connectivity index (χ0) is 11.4. The largest absolute Gasteiger partial charge is 0.303 e. The van der Waals surface area contributed by atoms with Crippen molar-refractivity contribution in [1.82, 2.24) is 5.32 Å². The zero-order valence-electron chi connectivity index (χ0n) is 9.29. The van der Waals surface area contributed by atoms with Gasteiger partial charge in [-0.3, -0.25) is 0 Å². The van der Waals surface area contributed by atoms with Crippen molar-refractivity contribution in [1.29, 1.82) is 0 Å². The van der Waals surface area contributed by atoms with E-state index in [-0.39, 0.29) is 11.8 Å². The molecule has 0 saturated heterocycles. The Bertz CT molecular complexity index is 306. The Morgan fingerprint density at radius 3 is 2.29 bits per heavy atom. The molecule has 0 bridgehead atoms. The molecule has 0 heterocycles. The van der Waals surface area contributed by atoms with Crippen molar-refractivity contribution in [3.8, 4) is 12.3 Å². The van der Waals surface area contributed by atoms with Gasteiger partial charge in [-0.1, -0.05) is 5.92 Å². The first-order valence-electron chi connectivity index (χ1n) is 4.62. The monoisotopic (exact) mass is 217 g/mol. The lowest BCUT2D eigenvalue weighted by atomic mass is 10.3. The minimum Gasteiger partial charge on any atom is -0.303 e. The first kappa shape index (κ1) is 13.5. The molecule has 0 aromatic heterocycles. The van der Waals surface area contributed by atoms with Crippen molar-refractivity contribution >= 4 is 9.84 Å². The predicted molar refractivity (Wildman–Crippen MR) is 59.8 cm³/mol. The fourth-order valence-corrected chi connectivity index (χ4v) is 1.77. The second-order valence-corrected chi connectivity index (χ2v) is 7.14.